The van der Waals surface area contributed by atoms with Crippen LogP contribution in [0.2, 0.25) is 5.02 Å². The monoisotopic (exact) mass is 316 g/mol. The Balaban J connectivity index is 2.24. The van der Waals surface area contributed by atoms with Gasteiger partial charge in [0.25, 0.3) is 5.56 Å². The molecule has 2 rings (SSSR count). The van der Waals surface area contributed by atoms with Crippen molar-refractivity contribution in [3.63, 3.8) is 0 Å². The number of morpholine rings is 1. The van der Waals surface area contributed by atoms with E-state index in [9.17, 15) is 9.59 Å². The Hall–Kier alpha value is -1.64. The number of ether oxygens (including phenoxy) is 2. The van der Waals surface area contributed by atoms with E-state index in [4.69, 9.17) is 22.1 Å². The maximum atomic E-state index is 12.1. The molecule has 9 heteroatoms. The van der Waals surface area contributed by atoms with Crippen LogP contribution >= 0.6 is 11.6 Å². The molecule has 8 nitrogen and oxygen atoms in total. The number of hydrogen-bond acceptors (Lipinski definition) is 7. The molecule has 0 amide bonds. The van der Waals surface area contributed by atoms with Crippen molar-refractivity contribution in [3.05, 3.63) is 21.6 Å². The van der Waals surface area contributed by atoms with E-state index >= 15 is 0 Å². The summed E-state index contributed by atoms with van der Waals surface area (Å²) in [6.07, 6.45) is 1.36. The minimum Gasteiger partial charge on any atom is -0.468 e. The lowest BCUT2D eigenvalue weighted by molar-refractivity contribution is -0.141. The van der Waals surface area contributed by atoms with E-state index < -0.39 is 11.5 Å². The third-order valence-corrected chi connectivity index (χ3v) is 3.57. The van der Waals surface area contributed by atoms with Gasteiger partial charge in [-0.1, -0.05) is 11.6 Å². The van der Waals surface area contributed by atoms with Gasteiger partial charge in [-0.25, -0.2) is 4.68 Å². The van der Waals surface area contributed by atoms with Crippen molar-refractivity contribution in [1.29, 1.82) is 0 Å². The molecule has 1 fully saturated rings. The van der Waals surface area contributed by atoms with Gasteiger partial charge in [0.1, 0.15) is 11.6 Å². The largest absolute Gasteiger partial charge is 0.468 e. The van der Waals surface area contributed by atoms with Gasteiger partial charge >= 0.3 is 5.97 Å². The zero-order chi connectivity index (χ0) is 15.4. The first-order valence-electron chi connectivity index (χ1n) is 6.46. The Morgan fingerprint density at radius 2 is 2.43 bits per heavy atom. The van der Waals surface area contributed by atoms with Crippen LogP contribution in [-0.4, -0.2) is 55.2 Å². The third-order valence-electron chi connectivity index (χ3n) is 3.22. The van der Waals surface area contributed by atoms with E-state index in [0.717, 1.165) is 4.68 Å². The Bertz CT molecular complexity index is 577. The number of anilines is 1. The van der Waals surface area contributed by atoms with E-state index in [-0.39, 0.29) is 17.7 Å². The average Bonchev–Trinajstić information content (AvgIpc) is 2.52. The van der Waals surface area contributed by atoms with Crippen molar-refractivity contribution < 1.29 is 14.3 Å². The van der Waals surface area contributed by atoms with E-state index in [1.807, 2.05) is 4.90 Å². The second kappa shape index (κ2) is 6.88. The maximum absolute atomic E-state index is 12.1. The SMILES string of the molecule is COC(=O)Cn1ncc(N2CCOC(CN)C2)c(Cl)c1=O. The lowest BCUT2D eigenvalue weighted by Gasteiger charge is -2.34. The molecule has 1 aromatic rings. The Labute approximate surface area is 126 Å². The van der Waals surface area contributed by atoms with Gasteiger partial charge in [-0.05, 0) is 0 Å². The summed E-state index contributed by atoms with van der Waals surface area (Å²) in [6, 6.07) is 0. The first-order valence-corrected chi connectivity index (χ1v) is 6.83. The van der Waals surface area contributed by atoms with Crippen molar-refractivity contribution in [2.24, 2.45) is 5.73 Å². The van der Waals surface area contributed by atoms with Crippen molar-refractivity contribution in [1.82, 2.24) is 9.78 Å². The number of halogens is 1. The number of esters is 1. The number of nitrogens with two attached hydrogens (primary N) is 1. The fourth-order valence-corrected chi connectivity index (χ4v) is 2.32. The summed E-state index contributed by atoms with van der Waals surface area (Å²) in [5, 5.41) is 3.98. The first-order chi connectivity index (χ1) is 10.1. The fraction of sp³-hybridized carbons (Fsp3) is 0.583. The number of nitrogens with zero attached hydrogens (tertiary/aromatic N) is 3. The molecule has 1 aromatic heterocycles. The molecule has 2 N–H and O–H groups in total. The topological polar surface area (TPSA) is 99.7 Å². The predicted octanol–water partition coefficient (Wildman–Crippen LogP) is -0.766. The van der Waals surface area contributed by atoms with Gasteiger partial charge in [0, 0.05) is 19.6 Å². The molecule has 0 radical (unpaired) electrons. The molecule has 21 heavy (non-hydrogen) atoms. The molecule has 0 bridgehead atoms. The van der Waals surface area contributed by atoms with Crippen molar-refractivity contribution >= 4 is 23.3 Å². The van der Waals surface area contributed by atoms with Crippen LogP contribution in [0.25, 0.3) is 0 Å². The maximum Gasteiger partial charge on any atom is 0.327 e. The molecule has 0 aliphatic carbocycles. The molecule has 0 aromatic carbocycles. The lowest BCUT2D eigenvalue weighted by Crippen LogP contribution is -2.46. The predicted molar refractivity (Wildman–Crippen MR) is 76.5 cm³/mol. The molecular formula is C12H17ClN4O4. The molecule has 1 atom stereocenters. The van der Waals surface area contributed by atoms with E-state index in [2.05, 4.69) is 9.84 Å². The summed E-state index contributed by atoms with van der Waals surface area (Å²) >= 11 is 6.11. The molecule has 0 saturated carbocycles. The van der Waals surface area contributed by atoms with Gasteiger partial charge < -0.3 is 20.1 Å². The summed E-state index contributed by atoms with van der Waals surface area (Å²) < 4.78 is 10.9. The summed E-state index contributed by atoms with van der Waals surface area (Å²) in [4.78, 5) is 25.2. The molecule has 2 heterocycles. The highest BCUT2D eigenvalue weighted by Gasteiger charge is 2.23. The van der Waals surface area contributed by atoms with E-state index in [0.29, 0.717) is 31.9 Å². The zero-order valence-electron chi connectivity index (χ0n) is 11.6. The summed E-state index contributed by atoms with van der Waals surface area (Å²) in [7, 11) is 1.24. The third kappa shape index (κ3) is 3.52. The first kappa shape index (κ1) is 15.7. The molecule has 1 unspecified atom stereocenters. The van der Waals surface area contributed by atoms with Crippen LogP contribution in [0.5, 0.6) is 0 Å². The number of carbonyl (C=O) groups excluding carboxylic acids is 1. The molecular weight excluding hydrogens is 300 g/mol. The van der Waals surface area contributed by atoms with E-state index in [1.165, 1.54) is 13.3 Å². The quantitative estimate of drug-likeness (QED) is 0.728. The van der Waals surface area contributed by atoms with Crippen molar-refractivity contribution in [3.8, 4) is 0 Å². The van der Waals surface area contributed by atoms with Crippen molar-refractivity contribution in [2.45, 2.75) is 12.6 Å². The standard InChI is InChI=1S/C12H17ClN4O4/c1-20-10(18)7-17-12(19)11(13)9(5-15-17)16-2-3-21-8(4-14)6-16/h5,8H,2-4,6-7,14H2,1H3. The second-order valence-electron chi connectivity index (χ2n) is 4.56. The van der Waals surface area contributed by atoms with Gasteiger partial charge in [-0.3, -0.25) is 9.59 Å². The summed E-state index contributed by atoms with van der Waals surface area (Å²) in [6.45, 7) is 1.75. The van der Waals surface area contributed by atoms with Crippen molar-refractivity contribution in [2.75, 3.05) is 38.3 Å². The van der Waals surface area contributed by atoms with E-state index in [1.54, 1.807) is 0 Å². The molecule has 116 valence electrons. The fourth-order valence-electron chi connectivity index (χ4n) is 2.06. The van der Waals surface area contributed by atoms with Crippen LogP contribution in [-0.2, 0) is 20.8 Å². The highest BCUT2D eigenvalue weighted by atomic mass is 35.5. The summed E-state index contributed by atoms with van der Waals surface area (Å²) in [5.41, 5.74) is 5.57. The number of rotatable bonds is 4. The smallest absolute Gasteiger partial charge is 0.327 e. The number of aromatic nitrogens is 2. The average molecular weight is 317 g/mol. The van der Waals surface area contributed by atoms with Gasteiger partial charge in [-0.2, -0.15) is 5.10 Å². The number of methoxy groups -OCH3 is 1. The van der Waals surface area contributed by atoms with Crippen LogP contribution in [0.3, 0.4) is 0 Å². The number of carbonyl (C=O) groups is 1. The lowest BCUT2D eigenvalue weighted by atomic mass is 10.2. The van der Waals surface area contributed by atoms with Gasteiger partial charge in [0.15, 0.2) is 0 Å². The van der Waals surface area contributed by atoms with Crippen LogP contribution < -0.4 is 16.2 Å². The Morgan fingerprint density at radius 3 is 3.10 bits per heavy atom. The van der Waals surface area contributed by atoms with Crippen LogP contribution in [0.1, 0.15) is 0 Å². The normalized spacial score (nSPS) is 18.6. The van der Waals surface area contributed by atoms with Crippen LogP contribution in [0.15, 0.2) is 11.0 Å². The minimum atomic E-state index is -0.567. The van der Waals surface area contributed by atoms with Gasteiger partial charge in [-0.15, -0.1) is 0 Å². The molecule has 1 aliphatic heterocycles. The highest BCUT2D eigenvalue weighted by molar-refractivity contribution is 6.33. The van der Waals surface area contributed by atoms with Crippen LogP contribution in [0.4, 0.5) is 5.69 Å². The molecule has 1 saturated heterocycles. The van der Waals surface area contributed by atoms with Gasteiger partial charge in [0.2, 0.25) is 0 Å². The molecule has 1 aliphatic rings. The Morgan fingerprint density at radius 1 is 1.67 bits per heavy atom. The molecule has 0 spiro atoms. The Kier molecular flexibility index (Phi) is 5.16. The minimum absolute atomic E-state index is 0.0200. The second-order valence-corrected chi connectivity index (χ2v) is 4.94. The van der Waals surface area contributed by atoms with Gasteiger partial charge in [0.05, 0.1) is 31.7 Å². The zero-order valence-corrected chi connectivity index (χ0v) is 12.4. The summed E-state index contributed by atoms with van der Waals surface area (Å²) in [5.74, 6) is -0.567. The highest BCUT2D eigenvalue weighted by Crippen LogP contribution is 2.22. The van der Waals surface area contributed by atoms with Crippen LogP contribution in [0, 0.1) is 0 Å². The number of hydrogen-bond donors (Lipinski definition) is 1.